The van der Waals surface area contributed by atoms with Crippen molar-refractivity contribution in [2.24, 2.45) is 0 Å². The number of rotatable bonds is 5. The molecule has 0 aliphatic heterocycles. The Bertz CT molecular complexity index is 585. The van der Waals surface area contributed by atoms with Gasteiger partial charge in [-0.25, -0.2) is 0 Å². The number of benzene rings is 1. The Hall–Kier alpha value is -1.65. The van der Waals surface area contributed by atoms with Crippen molar-refractivity contribution in [2.75, 3.05) is 5.32 Å². The smallest absolute Gasteiger partial charge is 0.242 e. The molecule has 106 valence electrons. The summed E-state index contributed by atoms with van der Waals surface area (Å²) >= 11 is 11.9. The minimum absolute atomic E-state index is 0.146. The Balaban J connectivity index is 1.90. The van der Waals surface area contributed by atoms with Crippen LogP contribution in [0.5, 0.6) is 0 Å². The molecule has 2 rings (SSSR count). The Kier molecular flexibility index (Phi) is 4.93. The van der Waals surface area contributed by atoms with Crippen LogP contribution in [0.3, 0.4) is 0 Å². The standard InChI is InChI=1S/C14H14Cl2N2O2/c1-9(14(19)17-8-11-3-2-6-20-11)18-13-5-4-10(15)7-12(13)16/h2-7,9,18H,8H2,1H3,(H,17,19). The van der Waals surface area contributed by atoms with Crippen molar-refractivity contribution in [3.63, 3.8) is 0 Å². The lowest BCUT2D eigenvalue weighted by molar-refractivity contribution is -0.121. The van der Waals surface area contributed by atoms with Crippen molar-refractivity contribution in [3.05, 3.63) is 52.4 Å². The predicted molar refractivity (Wildman–Crippen MR) is 80.1 cm³/mol. The minimum atomic E-state index is -0.427. The van der Waals surface area contributed by atoms with Crippen LogP contribution >= 0.6 is 23.2 Å². The molecule has 1 amide bonds. The van der Waals surface area contributed by atoms with Gasteiger partial charge in [0.05, 0.1) is 23.5 Å². The van der Waals surface area contributed by atoms with E-state index in [4.69, 9.17) is 27.6 Å². The van der Waals surface area contributed by atoms with E-state index in [-0.39, 0.29) is 5.91 Å². The molecular formula is C14H14Cl2N2O2. The Labute approximate surface area is 127 Å². The fraction of sp³-hybridized carbons (Fsp3) is 0.214. The van der Waals surface area contributed by atoms with Gasteiger partial charge >= 0.3 is 0 Å². The number of halogens is 2. The lowest BCUT2D eigenvalue weighted by Crippen LogP contribution is -2.37. The third kappa shape index (κ3) is 3.92. The number of anilines is 1. The second-order valence-corrected chi connectivity index (χ2v) is 5.13. The number of hydrogen-bond donors (Lipinski definition) is 2. The zero-order chi connectivity index (χ0) is 14.5. The highest BCUT2D eigenvalue weighted by Crippen LogP contribution is 2.25. The topological polar surface area (TPSA) is 54.3 Å². The molecule has 6 heteroatoms. The molecule has 2 N–H and O–H groups in total. The van der Waals surface area contributed by atoms with Crippen molar-refractivity contribution in [3.8, 4) is 0 Å². The average Bonchev–Trinajstić information content (AvgIpc) is 2.92. The Morgan fingerprint density at radius 3 is 2.80 bits per heavy atom. The number of hydrogen-bond acceptors (Lipinski definition) is 3. The van der Waals surface area contributed by atoms with Crippen LogP contribution in [0.25, 0.3) is 0 Å². The maximum Gasteiger partial charge on any atom is 0.242 e. The summed E-state index contributed by atoms with van der Waals surface area (Å²) in [6.45, 7) is 2.11. The second kappa shape index (κ2) is 6.68. The van der Waals surface area contributed by atoms with E-state index in [1.54, 1.807) is 43.5 Å². The van der Waals surface area contributed by atoms with Crippen molar-refractivity contribution < 1.29 is 9.21 Å². The molecule has 0 bridgehead atoms. The third-order valence-electron chi connectivity index (χ3n) is 2.71. The van der Waals surface area contributed by atoms with E-state index >= 15 is 0 Å². The maximum absolute atomic E-state index is 11.9. The molecule has 4 nitrogen and oxygen atoms in total. The van der Waals surface area contributed by atoms with E-state index < -0.39 is 6.04 Å². The molecular weight excluding hydrogens is 299 g/mol. The van der Waals surface area contributed by atoms with Crippen LogP contribution in [-0.4, -0.2) is 11.9 Å². The van der Waals surface area contributed by atoms with Crippen LogP contribution in [0.2, 0.25) is 10.0 Å². The average molecular weight is 313 g/mol. The molecule has 1 unspecified atom stereocenters. The van der Waals surface area contributed by atoms with Crippen molar-refractivity contribution in [1.29, 1.82) is 0 Å². The van der Waals surface area contributed by atoms with E-state index in [0.29, 0.717) is 28.0 Å². The zero-order valence-electron chi connectivity index (χ0n) is 10.8. The molecule has 0 saturated carbocycles. The number of nitrogens with one attached hydrogen (secondary N) is 2. The highest BCUT2D eigenvalue weighted by Gasteiger charge is 2.14. The summed E-state index contributed by atoms with van der Waals surface area (Å²) in [4.78, 5) is 11.9. The van der Waals surface area contributed by atoms with Gasteiger partial charge < -0.3 is 15.1 Å². The summed E-state index contributed by atoms with van der Waals surface area (Å²) in [6.07, 6.45) is 1.57. The summed E-state index contributed by atoms with van der Waals surface area (Å²) in [5, 5.41) is 6.83. The third-order valence-corrected chi connectivity index (χ3v) is 3.26. The fourth-order valence-electron chi connectivity index (χ4n) is 1.65. The van der Waals surface area contributed by atoms with E-state index in [2.05, 4.69) is 10.6 Å². The summed E-state index contributed by atoms with van der Waals surface area (Å²) in [7, 11) is 0. The number of amides is 1. The van der Waals surface area contributed by atoms with Gasteiger partial charge in [-0.05, 0) is 37.3 Å². The van der Waals surface area contributed by atoms with Gasteiger partial charge in [0, 0.05) is 5.02 Å². The number of carbonyl (C=O) groups excluding carboxylic acids is 1. The molecule has 1 aromatic heterocycles. The zero-order valence-corrected chi connectivity index (χ0v) is 12.3. The van der Waals surface area contributed by atoms with Gasteiger partial charge in [0.25, 0.3) is 0 Å². The number of furan rings is 1. The largest absolute Gasteiger partial charge is 0.467 e. The molecule has 1 aromatic carbocycles. The Morgan fingerprint density at radius 2 is 2.15 bits per heavy atom. The van der Waals surface area contributed by atoms with Crippen molar-refractivity contribution in [2.45, 2.75) is 19.5 Å². The summed E-state index contributed by atoms with van der Waals surface area (Å²) < 4.78 is 5.14. The fourth-order valence-corrected chi connectivity index (χ4v) is 2.11. The monoisotopic (exact) mass is 312 g/mol. The quantitative estimate of drug-likeness (QED) is 0.885. The van der Waals surface area contributed by atoms with Gasteiger partial charge in [0.15, 0.2) is 0 Å². The highest BCUT2D eigenvalue weighted by atomic mass is 35.5. The first-order valence-electron chi connectivity index (χ1n) is 6.08. The van der Waals surface area contributed by atoms with Crippen LogP contribution in [-0.2, 0) is 11.3 Å². The van der Waals surface area contributed by atoms with Crippen LogP contribution < -0.4 is 10.6 Å². The molecule has 0 radical (unpaired) electrons. The van der Waals surface area contributed by atoms with E-state index in [1.165, 1.54) is 0 Å². The van der Waals surface area contributed by atoms with Gasteiger partial charge in [-0.3, -0.25) is 4.79 Å². The molecule has 0 aliphatic rings. The first-order chi connectivity index (χ1) is 9.56. The first-order valence-corrected chi connectivity index (χ1v) is 6.83. The Morgan fingerprint density at radius 1 is 1.35 bits per heavy atom. The SMILES string of the molecule is CC(Nc1ccc(Cl)cc1Cl)C(=O)NCc1ccco1. The van der Waals surface area contributed by atoms with E-state index in [1.807, 2.05) is 0 Å². The summed E-state index contributed by atoms with van der Waals surface area (Å²) in [5.41, 5.74) is 0.664. The molecule has 0 spiro atoms. The molecule has 2 aromatic rings. The molecule has 0 fully saturated rings. The van der Waals surface area contributed by atoms with Gasteiger partial charge in [0.2, 0.25) is 5.91 Å². The van der Waals surface area contributed by atoms with Crippen LogP contribution in [0.1, 0.15) is 12.7 Å². The maximum atomic E-state index is 11.9. The van der Waals surface area contributed by atoms with Gasteiger partial charge in [-0.1, -0.05) is 23.2 Å². The molecule has 1 atom stereocenters. The molecule has 0 aliphatic carbocycles. The minimum Gasteiger partial charge on any atom is -0.467 e. The van der Waals surface area contributed by atoms with Gasteiger partial charge in [-0.2, -0.15) is 0 Å². The normalized spacial score (nSPS) is 11.9. The van der Waals surface area contributed by atoms with Gasteiger partial charge in [-0.15, -0.1) is 0 Å². The second-order valence-electron chi connectivity index (χ2n) is 4.29. The van der Waals surface area contributed by atoms with Crippen LogP contribution in [0.15, 0.2) is 41.0 Å². The molecule has 20 heavy (non-hydrogen) atoms. The van der Waals surface area contributed by atoms with Crippen LogP contribution in [0.4, 0.5) is 5.69 Å². The van der Waals surface area contributed by atoms with Crippen LogP contribution in [0, 0.1) is 0 Å². The molecule has 1 heterocycles. The summed E-state index contributed by atoms with van der Waals surface area (Å²) in [5.74, 6) is 0.558. The lowest BCUT2D eigenvalue weighted by atomic mass is 10.2. The molecule has 0 saturated heterocycles. The highest BCUT2D eigenvalue weighted by molar-refractivity contribution is 6.36. The predicted octanol–water partition coefficient (Wildman–Crippen LogP) is 3.70. The van der Waals surface area contributed by atoms with Gasteiger partial charge in [0.1, 0.15) is 11.8 Å². The van der Waals surface area contributed by atoms with Crippen molar-refractivity contribution in [1.82, 2.24) is 5.32 Å². The number of carbonyl (C=O) groups is 1. The van der Waals surface area contributed by atoms with E-state index in [0.717, 1.165) is 0 Å². The van der Waals surface area contributed by atoms with E-state index in [9.17, 15) is 4.79 Å². The lowest BCUT2D eigenvalue weighted by Gasteiger charge is -2.16. The van der Waals surface area contributed by atoms with Crippen molar-refractivity contribution >= 4 is 34.8 Å². The summed E-state index contributed by atoms with van der Waals surface area (Å²) in [6, 6.07) is 8.22. The first kappa shape index (κ1) is 14.8.